The average Bonchev–Trinajstić information content (AvgIpc) is 3.25. The summed E-state index contributed by atoms with van der Waals surface area (Å²) in [5, 5.41) is 10.0. The summed E-state index contributed by atoms with van der Waals surface area (Å²) in [5.41, 5.74) is -3.32. The number of ether oxygens (including phenoxy) is 8. The predicted molar refractivity (Wildman–Crippen MR) is 180 cm³/mol. The van der Waals surface area contributed by atoms with Gasteiger partial charge in [0.2, 0.25) is 0 Å². The fraction of sp³-hybridized carbons (Fsp3) is 0.972. The second kappa shape index (κ2) is 18.3. The summed E-state index contributed by atoms with van der Waals surface area (Å²) in [6, 6.07) is 0. The number of carbonyl (C=O) groups is 1. The highest BCUT2D eigenvalue weighted by atomic mass is 16.6. The second-order valence-corrected chi connectivity index (χ2v) is 16.2. The minimum absolute atomic E-state index is 0.0207. The molecule has 4 atom stereocenters. The lowest BCUT2D eigenvalue weighted by molar-refractivity contribution is -0.212. The van der Waals surface area contributed by atoms with Gasteiger partial charge >= 0.3 is 0 Å². The van der Waals surface area contributed by atoms with Crippen molar-refractivity contribution in [2.24, 2.45) is 0 Å². The maximum atomic E-state index is 11.9. The summed E-state index contributed by atoms with van der Waals surface area (Å²) < 4.78 is 50.7. The van der Waals surface area contributed by atoms with Gasteiger partial charge in [-0.05, 0) is 123 Å². The van der Waals surface area contributed by atoms with Crippen molar-refractivity contribution in [1.29, 1.82) is 0 Å². The molecule has 0 aliphatic carbocycles. The van der Waals surface area contributed by atoms with Gasteiger partial charge in [0.1, 0.15) is 30.0 Å². The third kappa shape index (κ3) is 16.6. The first-order chi connectivity index (χ1) is 20.9. The van der Waals surface area contributed by atoms with Crippen molar-refractivity contribution >= 4 is 5.78 Å². The third-order valence-electron chi connectivity index (χ3n) is 8.25. The topological polar surface area (TPSA) is 111 Å². The smallest absolute Gasteiger partial charge is 0.160 e. The molecule has 0 aromatic rings. The number of hydrogen-bond donors (Lipinski definition) is 1. The average molecular weight is 663 g/mol. The highest BCUT2D eigenvalue weighted by Gasteiger charge is 2.49. The number of aliphatic hydroxyl groups is 1. The molecule has 1 saturated heterocycles. The number of Topliss-reactive ketones (excluding diaryl/α,β-unsaturated/α-hetero) is 1. The molecule has 0 aromatic heterocycles. The molecular weight excluding hydrogens is 592 g/mol. The number of ketones is 1. The molecule has 0 bridgehead atoms. The van der Waals surface area contributed by atoms with E-state index in [4.69, 9.17) is 37.9 Å². The highest BCUT2D eigenvalue weighted by molar-refractivity contribution is 5.83. The summed E-state index contributed by atoms with van der Waals surface area (Å²) in [7, 11) is 0. The second-order valence-electron chi connectivity index (χ2n) is 16.2. The summed E-state index contributed by atoms with van der Waals surface area (Å²) >= 11 is 0. The first-order valence-electron chi connectivity index (χ1n) is 17.2. The molecule has 274 valence electrons. The molecule has 0 amide bonds. The molecule has 4 unspecified atom stereocenters. The lowest BCUT2D eigenvalue weighted by atomic mass is 9.99. The number of carbonyl (C=O) groups excluding carboxylic acids is 1. The number of rotatable bonds is 24. The fourth-order valence-corrected chi connectivity index (χ4v) is 4.82. The van der Waals surface area contributed by atoms with Crippen molar-refractivity contribution < 1.29 is 47.8 Å². The van der Waals surface area contributed by atoms with Gasteiger partial charge in [-0.3, -0.25) is 4.79 Å². The molecular formula is C36H70O10. The van der Waals surface area contributed by atoms with Crippen LogP contribution in [0.25, 0.3) is 0 Å². The predicted octanol–water partition coefficient (Wildman–Crippen LogP) is 6.07. The maximum Gasteiger partial charge on any atom is 0.160 e. The van der Waals surface area contributed by atoms with E-state index in [1.807, 2.05) is 83.1 Å². The SMILES string of the molecule is CC(=O)C(C)(C)OCCC(C)(C)OCC(OC(C)(C)CCOC(C)C)C1OCC(OC(C)(C)CO)C1OC(C)(C)CCOC(C)C. The van der Waals surface area contributed by atoms with Crippen LogP contribution in [-0.2, 0) is 42.7 Å². The molecule has 0 radical (unpaired) electrons. The Balaban J connectivity index is 3.30. The molecule has 1 fully saturated rings. The Hall–Kier alpha value is -0.690. The Labute approximate surface area is 280 Å². The molecule has 10 nitrogen and oxygen atoms in total. The Morgan fingerprint density at radius 3 is 1.76 bits per heavy atom. The molecule has 46 heavy (non-hydrogen) atoms. The number of aliphatic hydroxyl groups excluding tert-OH is 1. The molecule has 1 N–H and O–H groups in total. The van der Waals surface area contributed by atoms with Gasteiger partial charge in [0.25, 0.3) is 0 Å². The molecule has 1 aliphatic heterocycles. The minimum atomic E-state index is -0.851. The van der Waals surface area contributed by atoms with Crippen LogP contribution in [0.3, 0.4) is 0 Å². The molecule has 0 spiro atoms. The summed E-state index contributed by atoms with van der Waals surface area (Å²) in [6.45, 7) is 30.9. The van der Waals surface area contributed by atoms with Crippen LogP contribution >= 0.6 is 0 Å². The largest absolute Gasteiger partial charge is 0.393 e. The lowest BCUT2D eigenvalue weighted by Gasteiger charge is -2.40. The Morgan fingerprint density at radius 2 is 1.26 bits per heavy atom. The monoisotopic (exact) mass is 662 g/mol. The van der Waals surface area contributed by atoms with E-state index in [-0.39, 0.29) is 37.8 Å². The van der Waals surface area contributed by atoms with Gasteiger partial charge in [0.05, 0.1) is 61.0 Å². The van der Waals surface area contributed by atoms with Crippen molar-refractivity contribution in [2.75, 3.05) is 39.6 Å². The van der Waals surface area contributed by atoms with Crippen LogP contribution in [-0.4, -0.2) is 115 Å². The zero-order valence-corrected chi connectivity index (χ0v) is 31.9. The van der Waals surface area contributed by atoms with Crippen LogP contribution in [0, 0.1) is 0 Å². The standard InChI is InChI=1S/C36H70O10/c1-25(2)39-19-16-33(8,9)44-29(23-43-32(6,7)18-21-42-36(14,15)27(5)38)30-31(28(22-41-30)45-35(12,13)24-37)46-34(10,11)17-20-40-26(3)4/h25-26,28-31,37H,16-24H2,1-15H3. The molecule has 1 aliphatic rings. The van der Waals surface area contributed by atoms with Crippen molar-refractivity contribution in [3.8, 4) is 0 Å². The van der Waals surface area contributed by atoms with Crippen LogP contribution in [0.15, 0.2) is 0 Å². The van der Waals surface area contributed by atoms with Crippen LogP contribution in [0.5, 0.6) is 0 Å². The zero-order chi connectivity index (χ0) is 35.6. The third-order valence-corrected chi connectivity index (χ3v) is 8.25. The van der Waals surface area contributed by atoms with Gasteiger partial charge in [-0.1, -0.05) is 0 Å². The minimum Gasteiger partial charge on any atom is -0.393 e. The van der Waals surface area contributed by atoms with Crippen molar-refractivity contribution in [1.82, 2.24) is 0 Å². The Bertz CT molecular complexity index is 880. The first-order valence-corrected chi connectivity index (χ1v) is 17.2. The van der Waals surface area contributed by atoms with E-state index >= 15 is 0 Å². The van der Waals surface area contributed by atoms with Crippen molar-refractivity contribution in [3.05, 3.63) is 0 Å². The van der Waals surface area contributed by atoms with E-state index in [0.717, 1.165) is 0 Å². The van der Waals surface area contributed by atoms with Gasteiger partial charge < -0.3 is 43.0 Å². The Morgan fingerprint density at radius 1 is 0.739 bits per heavy atom. The molecule has 0 saturated carbocycles. The first kappa shape index (κ1) is 43.3. The van der Waals surface area contributed by atoms with Gasteiger partial charge in [-0.25, -0.2) is 0 Å². The zero-order valence-electron chi connectivity index (χ0n) is 31.9. The Kier molecular flexibility index (Phi) is 17.3. The normalized spacial score (nSPS) is 21.0. The van der Waals surface area contributed by atoms with Crippen LogP contribution < -0.4 is 0 Å². The lowest BCUT2D eigenvalue weighted by Crippen LogP contribution is -2.52. The number of hydrogen-bond acceptors (Lipinski definition) is 10. The summed E-state index contributed by atoms with van der Waals surface area (Å²) in [5.74, 6) is -0.0207. The quantitative estimate of drug-likeness (QED) is 0.131. The van der Waals surface area contributed by atoms with Gasteiger partial charge in [-0.15, -0.1) is 0 Å². The van der Waals surface area contributed by atoms with Crippen molar-refractivity contribution in [2.45, 2.75) is 188 Å². The van der Waals surface area contributed by atoms with E-state index in [1.165, 1.54) is 6.92 Å². The van der Waals surface area contributed by atoms with E-state index in [1.54, 1.807) is 13.8 Å². The van der Waals surface area contributed by atoms with Crippen LogP contribution in [0.4, 0.5) is 0 Å². The molecule has 0 aromatic carbocycles. The van der Waals surface area contributed by atoms with Crippen LogP contribution in [0.1, 0.15) is 123 Å². The fourth-order valence-electron chi connectivity index (χ4n) is 4.82. The summed E-state index contributed by atoms with van der Waals surface area (Å²) in [6.07, 6.45) is 0.203. The van der Waals surface area contributed by atoms with E-state index in [2.05, 4.69) is 0 Å². The molecule has 1 heterocycles. The highest BCUT2D eigenvalue weighted by Crippen LogP contribution is 2.34. The maximum absolute atomic E-state index is 11.9. The van der Waals surface area contributed by atoms with E-state index in [0.29, 0.717) is 39.1 Å². The molecule has 1 rings (SSSR count). The molecule has 10 heteroatoms. The van der Waals surface area contributed by atoms with Gasteiger partial charge in [-0.2, -0.15) is 0 Å². The van der Waals surface area contributed by atoms with Gasteiger partial charge in [0.15, 0.2) is 5.78 Å². The van der Waals surface area contributed by atoms with E-state index in [9.17, 15) is 9.90 Å². The van der Waals surface area contributed by atoms with Gasteiger partial charge in [0, 0.05) is 13.2 Å². The summed E-state index contributed by atoms with van der Waals surface area (Å²) in [4.78, 5) is 11.9. The van der Waals surface area contributed by atoms with E-state index < -0.39 is 52.4 Å². The van der Waals surface area contributed by atoms with Crippen molar-refractivity contribution in [3.63, 3.8) is 0 Å². The van der Waals surface area contributed by atoms with Crippen LogP contribution in [0.2, 0.25) is 0 Å².